The van der Waals surface area contributed by atoms with E-state index in [0.29, 0.717) is 39.6 Å². The first kappa shape index (κ1) is 27.5. The smallest absolute Gasteiger partial charge is 0.184 e. The molecule has 5 rings (SSSR count). The third-order valence-corrected chi connectivity index (χ3v) is 8.74. The number of hydrogen-bond acceptors (Lipinski definition) is 9. The number of methoxy groups -OCH3 is 2. The second-order valence-electron chi connectivity index (χ2n) is 9.92. The predicted octanol–water partition coefficient (Wildman–Crippen LogP) is 4.57. The van der Waals surface area contributed by atoms with E-state index in [1.165, 1.54) is 0 Å². The highest BCUT2D eigenvalue weighted by molar-refractivity contribution is 7.90. The van der Waals surface area contributed by atoms with Crippen molar-refractivity contribution in [2.45, 2.75) is 36.0 Å². The highest BCUT2D eigenvalue weighted by atomic mass is 32.2. The van der Waals surface area contributed by atoms with Crippen molar-refractivity contribution in [1.82, 2.24) is 14.9 Å². The lowest BCUT2D eigenvalue weighted by molar-refractivity contribution is -0.122. The molecule has 4 aromatic rings. The summed E-state index contributed by atoms with van der Waals surface area (Å²) in [6.07, 6.45) is 2.02. The highest BCUT2D eigenvalue weighted by Crippen LogP contribution is 2.30. The molecule has 1 aromatic heterocycles. The van der Waals surface area contributed by atoms with E-state index in [1.54, 1.807) is 62.8 Å². The normalized spacial score (nSPS) is 15.7. The number of aromatic nitrogens is 2. The van der Waals surface area contributed by atoms with Gasteiger partial charge in [-0.25, -0.2) is 18.4 Å². The van der Waals surface area contributed by atoms with Crippen molar-refractivity contribution in [3.8, 4) is 11.5 Å². The number of benzene rings is 3. The molecule has 10 heteroatoms. The zero-order valence-electron chi connectivity index (χ0n) is 22.8. The van der Waals surface area contributed by atoms with Gasteiger partial charge < -0.3 is 14.8 Å². The van der Waals surface area contributed by atoms with Gasteiger partial charge in [-0.2, -0.15) is 0 Å². The summed E-state index contributed by atoms with van der Waals surface area (Å²) in [5.41, 5.74) is 2.77. The Labute approximate surface area is 234 Å². The second-order valence-corrected chi connectivity index (χ2v) is 11.9. The Bertz CT molecular complexity index is 1640. The fourth-order valence-corrected chi connectivity index (χ4v) is 6.35. The number of nitrogens with one attached hydrogen (secondary N) is 1. The lowest BCUT2D eigenvalue weighted by Crippen LogP contribution is -2.33. The minimum Gasteiger partial charge on any atom is -0.497 e. The third kappa shape index (κ3) is 6.08. The van der Waals surface area contributed by atoms with Gasteiger partial charge in [0.15, 0.2) is 21.4 Å². The number of likely N-dealkylation sites (N-methyl/N-ethyl adjacent to an activating group) is 1. The molecule has 0 unspecified atom stereocenters. The molecule has 1 atom stereocenters. The molecule has 2 heterocycles. The van der Waals surface area contributed by atoms with Crippen LogP contribution in [-0.4, -0.2) is 62.9 Å². The van der Waals surface area contributed by atoms with Gasteiger partial charge in [0.25, 0.3) is 0 Å². The predicted molar refractivity (Wildman–Crippen MR) is 154 cm³/mol. The van der Waals surface area contributed by atoms with Crippen LogP contribution in [0, 0.1) is 0 Å². The van der Waals surface area contributed by atoms with E-state index in [0.717, 1.165) is 19.4 Å². The quantitative estimate of drug-likeness (QED) is 0.298. The number of Topliss-reactive ketones (excluding diaryl/α,β-unsaturated/α-hetero) is 1. The van der Waals surface area contributed by atoms with Crippen molar-refractivity contribution in [2.24, 2.45) is 0 Å². The number of ether oxygens (including phenoxy) is 2. The minimum atomic E-state index is -3.82. The van der Waals surface area contributed by atoms with Gasteiger partial charge in [-0.15, -0.1) is 0 Å². The fourth-order valence-electron chi connectivity index (χ4n) is 5.00. The number of likely N-dealkylation sites (tertiary alicyclic amines) is 1. The van der Waals surface area contributed by atoms with Crippen LogP contribution in [0.4, 0.5) is 11.5 Å². The molecule has 1 saturated heterocycles. The van der Waals surface area contributed by atoms with E-state index < -0.39 is 9.84 Å². The van der Waals surface area contributed by atoms with Gasteiger partial charge in [0.05, 0.1) is 41.9 Å². The van der Waals surface area contributed by atoms with Crippen LogP contribution in [0.25, 0.3) is 11.0 Å². The summed E-state index contributed by atoms with van der Waals surface area (Å²) in [5, 5.41) is 3.21. The molecule has 0 aliphatic carbocycles. The van der Waals surface area contributed by atoms with Crippen LogP contribution in [-0.2, 0) is 26.8 Å². The number of sulfone groups is 1. The average molecular weight is 561 g/mol. The second kappa shape index (κ2) is 11.6. The monoisotopic (exact) mass is 560 g/mol. The van der Waals surface area contributed by atoms with Crippen molar-refractivity contribution in [1.29, 1.82) is 0 Å². The maximum absolute atomic E-state index is 13.7. The Kier molecular flexibility index (Phi) is 7.99. The average Bonchev–Trinajstić information content (AvgIpc) is 3.39. The number of fused-ring (bicyclic) bond motifs is 1. The van der Waals surface area contributed by atoms with E-state index >= 15 is 0 Å². The van der Waals surface area contributed by atoms with Gasteiger partial charge >= 0.3 is 0 Å². The zero-order valence-corrected chi connectivity index (χ0v) is 23.6. The molecule has 1 fully saturated rings. The first-order chi connectivity index (χ1) is 19.3. The summed E-state index contributed by atoms with van der Waals surface area (Å²) in [5.74, 6) is 1.18. The molecule has 0 bridgehead atoms. The number of carbonyl (C=O) groups is 1. The van der Waals surface area contributed by atoms with E-state index in [2.05, 4.69) is 15.2 Å². The summed E-state index contributed by atoms with van der Waals surface area (Å²) in [7, 11) is 1.24. The molecular formula is C30H32N4O5S. The summed E-state index contributed by atoms with van der Waals surface area (Å²) >= 11 is 0. The SMILES string of the molecule is COc1cc(Nc2nc3ccccc3nc2CS(=O)(=O)c2cccc(CC(=O)[C@@H]3CCCN3C)c2)cc(OC)c1. The molecular weight excluding hydrogens is 528 g/mol. The minimum absolute atomic E-state index is 0.107. The number of anilines is 2. The molecule has 0 saturated carbocycles. The maximum Gasteiger partial charge on any atom is 0.184 e. The van der Waals surface area contributed by atoms with Gasteiger partial charge in [0, 0.05) is 30.3 Å². The summed E-state index contributed by atoms with van der Waals surface area (Å²) < 4.78 is 38.1. The first-order valence-electron chi connectivity index (χ1n) is 13.1. The van der Waals surface area contributed by atoms with Crippen LogP contribution in [0.2, 0.25) is 0 Å². The van der Waals surface area contributed by atoms with E-state index in [9.17, 15) is 13.2 Å². The number of carbonyl (C=O) groups excluding carboxylic acids is 1. The molecule has 40 heavy (non-hydrogen) atoms. The zero-order chi connectivity index (χ0) is 28.3. The Morgan fingerprint density at radius 3 is 2.33 bits per heavy atom. The Balaban J connectivity index is 1.46. The molecule has 9 nitrogen and oxygen atoms in total. The summed E-state index contributed by atoms with van der Waals surface area (Å²) in [6, 6.07) is 19.1. The van der Waals surface area contributed by atoms with Crippen LogP contribution in [0.15, 0.2) is 71.6 Å². The van der Waals surface area contributed by atoms with Crippen LogP contribution < -0.4 is 14.8 Å². The molecule has 208 valence electrons. The number of hydrogen-bond donors (Lipinski definition) is 1. The van der Waals surface area contributed by atoms with Crippen molar-refractivity contribution < 1.29 is 22.7 Å². The largest absolute Gasteiger partial charge is 0.497 e. The Morgan fingerprint density at radius 2 is 1.68 bits per heavy atom. The first-order valence-corrected chi connectivity index (χ1v) is 14.7. The Morgan fingerprint density at radius 1 is 0.975 bits per heavy atom. The van der Waals surface area contributed by atoms with E-state index in [4.69, 9.17) is 14.5 Å². The molecule has 1 N–H and O–H groups in total. The van der Waals surface area contributed by atoms with Crippen molar-refractivity contribution in [2.75, 3.05) is 33.1 Å². The standard InChI is InChI=1S/C30H32N4O5S/c1-34-13-7-12-28(34)29(35)15-20-8-6-9-24(14-20)40(36,37)19-27-30(33-26-11-5-4-10-25(26)32-27)31-21-16-22(38-2)18-23(17-21)39-3/h4-6,8-11,14,16-18,28H,7,12-13,15,19H2,1-3H3,(H,31,33)/t28-/m0/s1. The molecule has 1 aliphatic heterocycles. The van der Waals surface area contributed by atoms with Crippen LogP contribution in [0.1, 0.15) is 24.1 Å². The summed E-state index contributed by atoms with van der Waals surface area (Å²) in [6.45, 7) is 0.899. The van der Waals surface area contributed by atoms with Gasteiger partial charge in [0.2, 0.25) is 0 Å². The highest BCUT2D eigenvalue weighted by Gasteiger charge is 2.28. The molecule has 3 aromatic carbocycles. The molecule has 0 spiro atoms. The van der Waals surface area contributed by atoms with Gasteiger partial charge in [0.1, 0.15) is 17.3 Å². The van der Waals surface area contributed by atoms with Crippen LogP contribution in [0.3, 0.4) is 0 Å². The van der Waals surface area contributed by atoms with Crippen molar-refractivity contribution in [3.05, 3.63) is 78.0 Å². The lowest BCUT2D eigenvalue weighted by Gasteiger charge is -2.18. The van der Waals surface area contributed by atoms with Crippen molar-refractivity contribution in [3.63, 3.8) is 0 Å². The van der Waals surface area contributed by atoms with Gasteiger partial charge in [-0.3, -0.25) is 9.69 Å². The maximum atomic E-state index is 13.7. The number of rotatable bonds is 10. The van der Waals surface area contributed by atoms with E-state index in [-0.39, 0.29) is 34.6 Å². The van der Waals surface area contributed by atoms with E-state index in [1.807, 2.05) is 25.2 Å². The number of ketones is 1. The molecule has 1 aliphatic rings. The van der Waals surface area contributed by atoms with Gasteiger partial charge in [-0.1, -0.05) is 24.3 Å². The third-order valence-electron chi connectivity index (χ3n) is 7.11. The number of nitrogens with zero attached hydrogens (tertiary/aromatic N) is 3. The topological polar surface area (TPSA) is 111 Å². The number of para-hydroxylation sites is 2. The van der Waals surface area contributed by atoms with Gasteiger partial charge in [-0.05, 0) is 56.3 Å². The summed E-state index contributed by atoms with van der Waals surface area (Å²) in [4.78, 5) is 24.5. The lowest BCUT2D eigenvalue weighted by atomic mass is 10.0. The molecule has 0 amide bonds. The van der Waals surface area contributed by atoms with Crippen molar-refractivity contribution >= 4 is 38.2 Å². The van der Waals surface area contributed by atoms with Crippen LogP contribution >= 0.6 is 0 Å². The van der Waals surface area contributed by atoms with Crippen LogP contribution in [0.5, 0.6) is 11.5 Å². The molecule has 0 radical (unpaired) electrons. The Hall–Kier alpha value is -4.02. The fraction of sp³-hybridized carbons (Fsp3) is 0.300.